The maximum atomic E-state index is 11.1. The first-order valence-corrected chi connectivity index (χ1v) is 9.93. The van der Waals surface area contributed by atoms with Crippen LogP contribution in [0.4, 0.5) is 5.69 Å². The number of carbonyl (C=O) groups is 1. The summed E-state index contributed by atoms with van der Waals surface area (Å²) in [6.45, 7) is 0. The van der Waals surface area contributed by atoms with E-state index in [1.165, 1.54) is 0 Å². The van der Waals surface area contributed by atoms with Crippen molar-refractivity contribution in [2.75, 3.05) is 5.43 Å². The Labute approximate surface area is 181 Å². The van der Waals surface area contributed by atoms with Crippen LogP contribution < -0.4 is 5.43 Å². The molecule has 0 unspecified atom stereocenters. The van der Waals surface area contributed by atoms with Crippen molar-refractivity contribution in [2.45, 2.75) is 0 Å². The second-order valence-corrected chi connectivity index (χ2v) is 7.39. The molecule has 30 heavy (non-hydrogen) atoms. The van der Waals surface area contributed by atoms with Crippen LogP contribution in [0, 0.1) is 0 Å². The van der Waals surface area contributed by atoms with Gasteiger partial charge in [-0.25, -0.2) is 9.48 Å². The van der Waals surface area contributed by atoms with E-state index < -0.39 is 5.97 Å². The molecule has 2 N–H and O–H groups in total. The molecule has 0 aliphatic carbocycles. The number of carboxylic acid groups (broad SMARTS) is 1. The van der Waals surface area contributed by atoms with Gasteiger partial charge in [-0.3, -0.25) is 5.43 Å². The smallest absolute Gasteiger partial charge is 0.335 e. The first kappa shape index (κ1) is 19.6. The van der Waals surface area contributed by atoms with E-state index in [-0.39, 0.29) is 5.56 Å². The van der Waals surface area contributed by atoms with Gasteiger partial charge in [0, 0.05) is 21.8 Å². The normalized spacial score (nSPS) is 11.0. The van der Waals surface area contributed by atoms with Crippen molar-refractivity contribution in [3.05, 3.63) is 101 Å². The largest absolute Gasteiger partial charge is 0.478 e. The lowest BCUT2D eigenvalue weighted by atomic mass is 10.1. The molecule has 6 nitrogen and oxygen atoms in total. The minimum atomic E-state index is -0.959. The molecule has 4 aromatic rings. The van der Waals surface area contributed by atoms with Crippen LogP contribution in [0.1, 0.15) is 15.9 Å². The fourth-order valence-corrected chi connectivity index (χ4v) is 3.16. The predicted molar refractivity (Wildman–Crippen MR) is 121 cm³/mol. The van der Waals surface area contributed by atoms with Gasteiger partial charge in [-0.2, -0.15) is 10.2 Å². The van der Waals surface area contributed by atoms with Crippen molar-refractivity contribution in [3.63, 3.8) is 0 Å². The highest BCUT2D eigenvalue weighted by Gasteiger charge is 2.11. The third kappa shape index (κ3) is 4.47. The van der Waals surface area contributed by atoms with Gasteiger partial charge >= 0.3 is 5.97 Å². The summed E-state index contributed by atoms with van der Waals surface area (Å²) in [5.74, 6) is -0.959. The average molecular weight is 461 g/mol. The highest BCUT2D eigenvalue weighted by molar-refractivity contribution is 9.10. The number of anilines is 1. The fourth-order valence-electron chi connectivity index (χ4n) is 2.89. The van der Waals surface area contributed by atoms with Gasteiger partial charge in [0.1, 0.15) is 5.69 Å². The Morgan fingerprint density at radius 2 is 1.70 bits per heavy atom. The lowest BCUT2D eigenvalue weighted by Crippen LogP contribution is -1.98. The molecule has 3 aromatic carbocycles. The van der Waals surface area contributed by atoms with Crippen LogP contribution in [0.3, 0.4) is 0 Å². The van der Waals surface area contributed by atoms with Gasteiger partial charge in [0.15, 0.2) is 0 Å². The van der Waals surface area contributed by atoms with Gasteiger partial charge in [0.05, 0.1) is 23.2 Å². The molecule has 0 atom stereocenters. The lowest BCUT2D eigenvalue weighted by Gasteiger charge is -2.02. The Hall–Kier alpha value is -3.71. The molecule has 0 bridgehead atoms. The number of nitrogens with zero attached hydrogens (tertiary/aromatic N) is 3. The van der Waals surface area contributed by atoms with Crippen LogP contribution in [0.15, 0.2) is 94.6 Å². The van der Waals surface area contributed by atoms with Gasteiger partial charge in [0.2, 0.25) is 0 Å². The van der Waals surface area contributed by atoms with E-state index in [1.54, 1.807) is 35.2 Å². The average Bonchev–Trinajstić information content (AvgIpc) is 3.20. The van der Waals surface area contributed by atoms with Crippen LogP contribution in [-0.2, 0) is 0 Å². The number of halogens is 1. The van der Waals surface area contributed by atoms with E-state index >= 15 is 0 Å². The van der Waals surface area contributed by atoms with Crippen molar-refractivity contribution < 1.29 is 9.90 Å². The van der Waals surface area contributed by atoms with Crippen LogP contribution in [0.5, 0.6) is 0 Å². The molecule has 0 aliphatic heterocycles. The molecule has 4 rings (SSSR count). The van der Waals surface area contributed by atoms with Crippen molar-refractivity contribution in [3.8, 4) is 16.9 Å². The summed E-state index contributed by atoms with van der Waals surface area (Å²) >= 11 is 3.41. The first-order valence-electron chi connectivity index (χ1n) is 9.13. The summed E-state index contributed by atoms with van der Waals surface area (Å²) in [7, 11) is 0. The van der Waals surface area contributed by atoms with Crippen LogP contribution in [0.2, 0.25) is 0 Å². The topological polar surface area (TPSA) is 79.5 Å². The van der Waals surface area contributed by atoms with Gasteiger partial charge < -0.3 is 5.11 Å². The number of benzene rings is 3. The van der Waals surface area contributed by atoms with Crippen LogP contribution in [0.25, 0.3) is 16.9 Å². The van der Waals surface area contributed by atoms with E-state index in [1.807, 2.05) is 60.8 Å². The molecule has 0 amide bonds. The highest BCUT2D eigenvalue weighted by atomic mass is 79.9. The number of hydrogen-bond acceptors (Lipinski definition) is 4. The molecule has 1 heterocycles. The molecule has 148 valence electrons. The van der Waals surface area contributed by atoms with Gasteiger partial charge in [-0.1, -0.05) is 46.3 Å². The number of aromatic carboxylic acids is 1. The minimum Gasteiger partial charge on any atom is -0.478 e. The fraction of sp³-hybridized carbons (Fsp3) is 0. The second-order valence-electron chi connectivity index (χ2n) is 6.47. The molecule has 0 fully saturated rings. The Morgan fingerprint density at radius 3 is 2.37 bits per heavy atom. The summed E-state index contributed by atoms with van der Waals surface area (Å²) in [5.41, 5.74) is 7.44. The molecule has 0 saturated carbocycles. The quantitative estimate of drug-likeness (QED) is 0.296. The summed E-state index contributed by atoms with van der Waals surface area (Å²) in [6, 6.07) is 24.1. The molecule has 1 aromatic heterocycles. The van der Waals surface area contributed by atoms with Crippen LogP contribution >= 0.6 is 15.9 Å². The molecule has 0 aliphatic rings. The van der Waals surface area contributed by atoms with Gasteiger partial charge in [-0.05, 0) is 48.5 Å². The maximum absolute atomic E-state index is 11.1. The van der Waals surface area contributed by atoms with Gasteiger partial charge in [0.25, 0.3) is 0 Å². The molecule has 0 radical (unpaired) electrons. The maximum Gasteiger partial charge on any atom is 0.335 e. The van der Waals surface area contributed by atoms with E-state index in [0.29, 0.717) is 0 Å². The second kappa shape index (κ2) is 8.75. The lowest BCUT2D eigenvalue weighted by molar-refractivity contribution is 0.0697. The van der Waals surface area contributed by atoms with E-state index in [2.05, 4.69) is 26.5 Å². The molecule has 7 heteroatoms. The number of nitrogens with one attached hydrogen (secondary N) is 1. The van der Waals surface area contributed by atoms with Crippen molar-refractivity contribution in [2.24, 2.45) is 5.10 Å². The number of aromatic nitrogens is 2. The monoisotopic (exact) mass is 460 g/mol. The zero-order valence-electron chi connectivity index (χ0n) is 15.7. The Morgan fingerprint density at radius 1 is 1.00 bits per heavy atom. The number of rotatable bonds is 6. The Kier molecular flexibility index (Phi) is 5.72. The summed E-state index contributed by atoms with van der Waals surface area (Å²) in [6.07, 6.45) is 3.59. The Balaban J connectivity index is 1.66. The Bertz CT molecular complexity index is 1180. The van der Waals surface area contributed by atoms with E-state index in [4.69, 9.17) is 10.2 Å². The number of carboxylic acids is 1. The number of hydrogen-bond donors (Lipinski definition) is 2. The minimum absolute atomic E-state index is 0.231. The van der Waals surface area contributed by atoms with Crippen molar-refractivity contribution in [1.82, 2.24) is 9.78 Å². The van der Waals surface area contributed by atoms with Crippen molar-refractivity contribution >= 4 is 33.8 Å². The highest BCUT2D eigenvalue weighted by Crippen LogP contribution is 2.23. The molecular formula is C23H17BrN4O2. The van der Waals surface area contributed by atoms with E-state index in [0.717, 1.165) is 32.7 Å². The standard InChI is InChI=1S/C23H17BrN4O2/c24-19-8-10-20(11-9-19)26-25-14-18-15-28(21-12-6-17(7-13-21)23(29)30)27-22(18)16-4-2-1-3-5-16/h1-15,26H,(H,29,30)/b25-14+. The van der Waals surface area contributed by atoms with Crippen molar-refractivity contribution in [1.29, 1.82) is 0 Å². The third-order valence-electron chi connectivity index (χ3n) is 4.41. The predicted octanol–water partition coefficient (Wildman–Crippen LogP) is 5.45. The zero-order chi connectivity index (χ0) is 20.9. The van der Waals surface area contributed by atoms with E-state index in [9.17, 15) is 4.79 Å². The summed E-state index contributed by atoms with van der Waals surface area (Å²) < 4.78 is 2.72. The first-order chi connectivity index (χ1) is 14.6. The SMILES string of the molecule is O=C(O)c1ccc(-n2cc(/C=N/Nc3ccc(Br)cc3)c(-c3ccccc3)n2)cc1. The zero-order valence-corrected chi connectivity index (χ0v) is 17.3. The van der Waals surface area contributed by atoms with Gasteiger partial charge in [-0.15, -0.1) is 0 Å². The summed E-state index contributed by atoms with van der Waals surface area (Å²) in [5, 5.41) is 18.2. The third-order valence-corrected chi connectivity index (χ3v) is 4.94. The molecule has 0 spiro atoms. The molecular weight excluding hydrogens is 444 g/mol. The number of hydrazone groups is 1. The van der Waals surface area contributed by atoms with Crippen LogP contribution in [-0.4, -0.2) is 27.1 Å². The molecule has 0 saturated heterocycles. The summed E-state index contributed by atoms with van der Waals surface area (Å²) in [4.78, 5) is 11.1.